The van der Waals surface area contributed by atoms with E-state index in [0.717, 1.165) is 11.1 Å². The monoisotopic (exact) mass is 270 g/mol. The van der Waals surface area contributed by atoms with Gasteiger partial charge in [-0.3, -0.25) is 0 Å². The number of rotatable bonds is 4. The smallest absolute Gasteiger partial charge is 0.429 e. The van der Waals surface area contributed by atoms with Crippen molar-refractivity contribution in [3.63, 3.8) is 0 Å². The van der Waals surface area contributed by atoms with E-state index in [2.05, 4.69) is 0 Å². The second-order valence-corrected chi connectivity index (χ2v) is 4.80. The van der Waals surface area contributed by atoms with Gasteiger partial charge in [-0.05, 0) is 25.0 Å². The first-order chi connectivity index (χ1) is 9.63. The Morgan fingerprint density at radius 2 is 1.10 bits per heavy atom. The number of carbonyl (C=O) groups excluding carboxylic acids is 1. The van der Waals surface area contributed by atoms with Crippen LogP contribution >= 0.6 is 0 Å². The molecule has 2 aromatic rings. The molecule has 0 heterocycles. The lowest BCUT2D eigenvalue weighted by Gasteiger charge is -2.07. The Balaban J connectivity index is 1.75. The molecule has 0 atom stereocenters. The average Bonchev–Trinajstić information content (AvgIpc) is 2.46. The standard InChI is InChI=1S/C17H18O3/c1-13-3-7-15(8-4-13)11-19-17(18)20-12-16-9-5-14(2)6-10-16/h3-10H,11-12H2,1-2H3. The number of benzene rings is 2. The van der Waals surface area contributed by atoms with Crippen LogP contribution in [0.2, 0.25) is 0 Å². The maximum atomic E-state index is 11.5. The number of carbonyl (C=O) groups is 1. The Morgan fingerprint density at radius 3 is 1.45 bits per heavy atom. The molecule has 0 aromatic heterocycles. The van der Waals surface area contributed by atoms with E-state index in [1.165, 1.54) is 11.1 Å². The summed E-state index contributed by atoms with van der Waals surface area (Å²) in [5.41, 5.74) is 4.25. The molecular formula is C17H18O3. The zero-order chi connectivity index (χ0) is 14.4. The molecule has 0 N–H and O–H groups in total. The normalized spacial score (nSPS) is 10.1. The Labute approximate surface area is 119 Å². The number of hydrogen-bond donors (Lipinski definition) is 0. The van der Waals surface area contributed by atoms with Gasteiger partial charge in [-0.2, -0.15) is 0 Å². The molecule has 0 saturated carbocycles. The summed E-state index contributed by atoms with van der Waals surface area (Å²) in [6, 6.07) is 15.7. The molecule has 0 amide bonds. The average molecular weight is 270 g/mol. The van der Waals surface area contributed by atoms with Crippen molar-refractivity contribution in [1.82, 2.24) is 0 Å². The van der Waals surface area contributed by atoms with Gasteiger partial charge in [0.25, 0.3) is 0 Å². The first-order valence-electron chi connectivity index (χ1n) is 6.54. The molecule has 0 spiro atoms. The predicted octanol–water partition coefficient (Wildman–Crippen LogP) is 4.16. The van der Waals surface area contributed by atoms with Crippen LogP contribution in [0.4, 0.5) is 4.79 Å². The first kappa shape index (κ1) is 14.1. The molecule has 0 unspecified atom stereocenters. The van der Waals surface area contributed by atoms with Crippen LogP contribution in [0.3, 0.4) is 0 Å². The van der Waals surface area contributed by atoms with Crippen LogP contribution in [-0.4, -0.2) is 6.16 Å². The van der Waals surface area contributed by atoms with Gasteiger partial charge in [0.15, 0.2) is 0 Å². The highest BCUT2D eigenvalue weighted by Gasteiger charge is 2.05. The Kier molecular flexibility index (Phi) is 4.77. The molecule has 3 heteroatoms. The maximum Gasteiger partial charge on any atom is 0.508 e. The molecule has 0 aliphatic rings. The highest BCUT2D eigenvalue weighted by atomic mass is 16.7. The lowest BCUT2D eigenvalue weighted by Crippen LogP contribution is -2.07. The number of hydrogen-bond acceptors (Lipinski definition) is 3. The molecule has 2 aromatic carbocycles. The summed E-state index contributed by atoms with van der Waals surface area (Å²) in [6.45, 7) is 4.49. The number of aryl methyl sites for hydroxylation is 2. The quantitative estimate of drug-likeness (QED) is 0.783. The third-order valence-electron chi connectivity index (χ3n) is 2.95. The third-order valence-corrected chi connectivity index (χ3v) is 2.95. The van der Waals surface area contributed by atoms with Gasteiger partial charge in [-0.1, -0.05) is 59.7 Å². The van der Waals surface area contributed by atoms with Crippen LogP contribution in [0.25, 0.3) is 0 Å². The SMILES string of the molecule is Cc1ccc(COC(=O)OCc2ccc(C)cc2)cc1. The Bertz CT molecular complexity index is 504. The van der Waals surface area contributed by atoms with E-state index in [-0.39, 0.29) is 13.2 Å². The van der Waals surface area contributed by atoms with Crippen molar-refractivity contribution in [3.8, 4) is 0 Å². The van der Waals surface area contributed by atoms with Crippen LogP contribution in [0.1, 0.15) is 22.3 Å². The van der Waals surface area contributed by atoms with E-state index in [9.17, 15) is 4.79 Å². The summed E-state index contributed by atoms with van der Waals surface area (Å²) < 4.78 is 10.1. The van der Waals surface area contributed by atoms with Crippen molar-refractivity contribution in [2.75, 3.05) is 0 Å². The van der Waals surface area contributed by atoms with E-state index in [1.54, 1.807) is 0 Å². The van der Waals surface area contributed by atoms with Crippen LogP contribution in [0, 0.1) is 13.8 Å². The van der Waals surface area contributed by atoms with Crippen molar-refractivity contribution in [1.29, 1.82) is 0 Å². The summed E-state index contributed by atoms with van der Waals surface area (Å²) in [7, 11) is 0. The fraction of sp³-hybridized carbons (Fsp3) is 0.235. The van der Waals surface area contributed by atoms with E-state index in [4.69, 9.17) is 9.47 Å². The first-order valence-corrected chi connectivity index (χ1v) is 6.54. The molecular weight excluding hydrogens is 252 g/mol. The molecule has 2 rings (SSSR count). The van der Waals surface area contributed by atoms with Crippen molar-refractivity contribution < 1.29 is 14.3 Å². The van der Waals surface area contributed by atoms with E-state index in [0.29, 0.717) is 0 Å². The molecule has 0 aliphatic carbocycles. The molecule has 0 bridgehead atoms. The van der Waals surface area contributed by atoms with Gasteiger partial charge in [-0.15, -0.1) is 0 Å². The van der Waals surface area contributed by atoms with Gasteiger partial charge < -0.3 is 9.47 Å². The highest BCUT2D eigenvalue weighted by Crippen LogP contribution is 2.07. The second kappa shape index (κ2) is 6.75. The minimum absolute atomic E-state index is 0.229. The third kappa shape index (κ3) is 4.43. The van der Waals surface area contributed by atoms with Crippen LogP contribution in [-0.2, 0) is 22.7 Å². The van der Waals surface area contributed by atoms with Crippen LogP contribution < -0.4 is 0 Å². The van der Waals surface area contributed by atoms with Crippen LogP contribution in [0.15, 0.2) is 48.5 Å². The minimum atomic E-state index is -0.647. The fourth-order valence-electron chi connectivity index (χ4n) is 1.69. The molecule has 0 fully saturated rings. The minimum Gasteiger partial charge on any atom is -0.429 e. The highest BCUT2D eigenvalue weighted by molar-refractivity contribution is 5.60. The molecule has 104 valence electrons. The maximum absolute atomic E-state index is 11.5. The molecule has 20 heavy (non-hydrogen) atoms. The molecule has 0 aliphatic heterocycles. The lowest BCUT2D eigenvalue weighted by atomic mass is 10.2. The molecule has 0 radical (unpaired) electrons. The molecule has 0 saturated heterocycles. The molecule has 3 nitrogen and oxygen atoms in total. The van der Waals surface area contributed by atoms with Gasteiger partial charge in [0.05, 0.1) is 0 Å². The van der Waals surface area contributed by atoms with Gasteiger partial charge in [0.2, 0.25) is 0 Å². The van der Waals surface area contributed by atoms with Gasteiger partial charge in [0, 0.05) is 0 Å². The van der Waals surface area contributed by atoms with Crippen molar-refractivity contribution >= 4 is 6.16 Å². The fourth-order valence-corrected chi connectivity index (χ4v) is 1.69. The van der Waals surface area contributed by atoms with E-state index >= 15 is 0 Å². The zero-order valence-corrected chi connectivity index (χ0v) is 11.8. The summed E-state index contributed by atoms with van der Waals surface area (Å²) >= 11 is 0. The summed E-state index contributed by atoms with van der Waals surface area (Å²) in [5.74, 6) is 0. The number of ether oxygens (including phenoxy) is 2. The van der Waals surface area contributed by atoms with Crippen molar-refractivity contribution in [3.05, 3.63) is 70.8 Å². The summed E-state index contributed by atoms with van der Waals surface area (Å²) in [5, 5.41) is 0. The van der Waals surface area contributed by atoms with Crippen LogP contribution in [0.5, 0.6) is 0 Å². The summed E-state index contributed by atoms with van der Waals surface area (Å²) in [4.78, 5) is 11.5. The predicted molar refractivity (Wildman–Crippen MR) is 77.3 cm³/mol. The van der Waals surface area contributed by atoms with Gasteiger partial charge in [-0.25, -0.2) is 4.79 Å². The van der Waals surface area contributed by atoms with Crippen molar-refractivity contribution in [2.24, 2.45) is 0 Å². The Hall–Kier alpha value is -2.29. The van der Waals surface area contributed by atoms with Gasteiger partial charge in [0.1, 0.15) is 13.2 Å². The van der Waals surface area contributed by atoms with Gasteiger partial charge >= 0.3 is 6.16 Å². The van der Waals surface area contributed by atoms with E-state index in [1.807, 2.05) is 62.4 Å². The zero-order valence-electron chi connectivity index (χ0n) is 11.8. The van der Waals surface area contributed by atoms with E-state index < -0.39 is 6.16 Å². The lowest BCUT2D eigenvalue weighted by molar-refractivity contribution is 0.0446. The topological polar surface area (TPSA) is 35.5 Å². The second-order valence-electron chi connectivity index (χ2n) is 4.80. The Morgan fingerprint density at radius 1 is 0.750 bits per heavy atom. The van der Waals surface area contributed by atoms with Crippen molar-refractivity contribution in [2.45, 2.75) is 27.1 Å². The summed E-state index contributed by atoms with van der Waals surface area (Å²) in [6.07, 6.45) is -0.647. The largest absolute Gasteiger partial charge is 0.508 e.